The van der Waals surface area contributed by atoms with Crippen molar-refractivity contribution in [1.29, 1.82) is 0 Å². The molecule has 0 atom stereocenters. The van der Waals surface area contributed by atoms with E-state index in [1.807, 2.05) is 0 Å². The van der Waals surface area contributed by atoms with E-state index in [0.717, 1.165) is 0 Å². The lowest BCUT2D eigenvalue weighted by Crippen LogP contribution is -2.00. The summed E-state index contributed by atoms with van der Waals surface area (Å²) in [6, 6.07) is 4.87. The molecule has 0 aliphatic rings. The van der Waals surface area contributed by atoms with Crippen LogP contribution >= 0.6 is 0 Å². The number of rotatable bonds is 33. The molecule has 0 unspecified atom stereocenters. The first-order valence-corrected chi connectivity index (χ1v) is 19.8. The summed E-state index contributed by atoms with van der Waals surface area (Å²) in [7, 11) is 0. The molecule has 42 heavy (non-hydrogen) atoms. The third-order valence-electron chi connectivity index (χ3n) is 9.38. The van der Waals surface area contributed by atoms with Gasteiger partial charge >= 0.3 is 0 Å². The number of aryl methyl sites for hydroxylation is 3. The standard InChI is InChI=1S/C41H77N/c1-4-7-10-12-14-16-18-20-22-24-26-28-30-32-35-40-37-39(34-9-6-3)38-41(42-40)36-33-31-29-27-25-23-21-19-17-15-13-11-8-5-2/h37-38H,4-36H2,1-3H3. The highest BCUT2D eigenvalue weighted by Crippen LogP contribution is 2.18. The zero-order chi connectivity index (χ0) is 30.2. The van der Waals surface area contributed by atoms with Crippen LogP contribution < -0.4 is 0 Å². The quantitative estimate of drug-likeness (QED) is 0.0750. The van der Waals surface area contributed by atoms with Crippen molar-refractivity contribution in [3.8, 4) is 0 Å². The Kier molecular flexibility index (Phi) is 29.4. The normalized spacial score (nSPS) is 11.5. The van der Waals surface area contributed by atoms with Crippen LogP contribution in [0.25, 0.3) is 0 Å². The molecule has 1 nitrogen and oxygen atoms in total. The van der Waals surface area contributed by atoms with Crippen LogP contribution in [0.3, 0.4) is 0 Å². The molecule has 0 spiro atoms. The Hall–Kier alpha value is -0.850. The topological polar surface area (TPSA) is 12.9 Å². The number of unbranched alkanes of at least 4 members (excludes halogenated alkanes) is 27. The van der Waals surface area contributed by atoms with Crippen molar-refractivity contribution in [3.63, 3.8) is 0 Å². The molecular formula is C41H77N. The largest absolute Gasteiger partial charge is 0.258 e. The van der Waals surface area contributed by atoms with Crippen molar-refractivity contribution >= 4 is 0 Å². The Balaban J connectivity index is 2.11. The molecule has 0 fully saturated rings. The van der Waals surface area contributed by atoms with Gasteiger partial charge in [-0.1, -0.05) is 194 Å². The van der Waals surface area contributed by atoms with Crippen LogP contribution in [0.5, 0.6) is 0 Å². The van der Waals surface area contributed by atoms with Crippen LogP contribution in [-0.4, -0.2) is 4.98 Å². The maximum atomic E-state index is 5.14. The van der Waals surface area contributed by atoms with E-state index in [0.29, 0.717) is 0 Å². The average molecular weight is 584 g/mol. The molecule has 0 saturated heterocycles. The molecule has 1 aromatic rings. The average Bonchev–Trinajstić information content (AvgIpc) is 3.00. The molecule has 1 heteroatoms. The Labute approximate surface area is 266 Å². The Morgan fingerprint density at radius 3 is 0.857 bits per heavy atom. The van der Waals surface area contributed by atoms with E-state index < -0.39 is 0 Å². The minimum atomic E-state index is 1.18. The van der Waals surface area contributed by atoms with E-state index in [1.54, 1.807) is 5.56 Å². The molecule has 0 N–H and O–H groups in total. The first-order chi connectivity index (χ1) is 20.8. The summed E-state index contributed by atoms with van der Waals surface area (Å²) in [4.78, 5) is 5.14. The van der Waals surface area contributed by atoms with Crippen molar-refractivity contribution < 1.29 is 0 Å². The van der Waals surface area contributed by atoms with Gasteiger partial charge < -0.3 is 0 Å². The van der Waals surface area contributed by atoms with Gasteiger partial charge in [-0.3, -0.25) is 4.98 Å². The predicted octanol–water partition coefficient (Wildman–Crippen LogP) is 14.5. The van der Waals surface area contributed by atoms with Gasteiger partial charge in [-0.25, -0.2) is 0 Å². The maximum absolute atomic E-state index is 5.14. The minimum Gasteiger partial charge on any atom is -0.258 e. The molecule has 1 heterocycles. The number of hydrogen-bond acceptors (Lipinski definition) is 1. The van der Waals surface area contributed by atoms with Crippen LogP contribution in [0.2, 0.25) is 0 Å². The van der Waals surface area contributed by atoms with E-state index in [4.69, 9.17) is 4.98 Å². The third kappa shape index (κ3) is 25.6. The van der Waals surface area contributed by atoms with Gasteiger partial charge in [0.15, 0.2) is 0 Å². The van der Waals surface area contributed by atoms with Gasteiger partial charge in [0.1, 0.15) is 0 Å². The summed E-state index contributed by atoms with van der Waals surface area (Å²) in [5.41, 5.74) is 4.30. The van der Waals surface area contributed by atoms with Crippen molar-refractivity contribution in [1.82, 2.24) is 4.98 Å². The molecule has 246 valence electrons. The smallest absolute Gasteiger partial charge is 0.0409 e. The fraction of sp³-hybridized carbons (Fsp3) is 0.878. The Bertz CT molecular complexity index is 615. The molecule has 1 aromatic heterocycles. The first-order valence-electron chi connectivity index (χ1n) is 19.8. The van der Waals surface area contributed by atoms with Gasteiger partial charge in [0.25, 0.3) is 0 Å². The molecule has 0 bridgehead atoms. The molecule has 0 amide bonds. The fourth-order valence-corrected chi connectivity index (χ4v) is 6.50. The summed E-state index contributed by atoms with van der Waals surface area (Å²) in [5.74, 6) is 0. The summed E-state index contributed by atoms with van der Waals surface area (Å²) < 4.78 is 0. The van der Waals surface area contributed by atoms with Gasteiger partial charge in [-0.05, 0) is 56.2 Å². The molecule has 0 radical (unpaired) electrons. The van der Waals surface area contributed by atoms with Gasteiger partial charge in [0, 0.05) is 11.4 Å². The van der Waals surface area contributed by atoms with Gasteiger partial charge in [-0.15, -0.1) is 0 Å². The zero-order valence-electron chi connectivity index (χ0n) is 29.4. The highest BCUT2D eigenvalue weighted by Gasteiger charge is 2.05. The molecular weight excluding hydrogens is 506 g/mol. The molecule has 1 rings (SSSR count). The van der Waals surface area contributed by atoms with Crippen molar-refractivity contribution in [2.75, 3.05) is 0 Å². The number of hydrogen-bond donors (Lipinski definition) is 0. The summed E-state index contributed by atoms with van der Waals surface area (Å²) in [5, 5.41) is 0. The second kappa shape index (κ2) is 31.6. The van der Waals surface area contributed by atoms with Crippen LogP contribution in [0.1, 0.15) is 230 Å². The highest BCUT2D eigenvalue weighted by atomic mass is 14.7. The van der Waals surface area contributed by atoms with Crippen LogP contribution in [0, 0.1) is 0 Å². The number of pyridine rings is 1. The van der Waals surface area contributed by atoms with Crippen molar-refractivity contribution in [3.05, 3.63) is 29.1 Å². The maximum Gasteiger partial charge on any atom is 0.0409 e. The van der Waals surface area contributed by atoms with E-state index in [2.05, 4.69) is 32.9 Å². The van der Waals surface area contributed by atoms with Gasteiger partial charge in [0.2, 0.25) is 0 Å². The Morgan fingerprint density at radius 2 is 0.571 bits per heavy atom. The summed E-state index contributed by atoms with van der Waals surface area (Å²) in [6.45, 7) is 6.93. The van der Waals surface area contributed by atoms with Crippen molar-refractivity contribution in [2.45, 2.75) is 233 Å². The zero-order valence-corrected chi connectivity index (χ0v) is 29.4. The fourth-order valence-electron chi connectivity index (χ4n) is 6.50. The lowest BCUT2D eigenvalue weighted by atomic mass is 10.0. The monoisotopic (exact) mass is 584 g/mol. The van der Waals surface area contributed by atoms with E-state index in [1.165, 1.54) is 223 Å². The number of aromatic nitrogens is 1. The van der Waals surface area contributed by atoms with Crippen LogP contribution in [-0.2, 0) is 19.3 Å². The summed E-state index contributed by atoms with van der Waals surface area (Å²) >= 11 is 0. The first kappa shape index (κ1) is 39.2. The highest BCUT2D eigenvalue weighted by molar-refractivity contribution is 5.22. The van der Waals surface area contributed by atoms with Crippen molar-refractivity contribution in [2.24, 2.45) is 0 Å². The third-order valence-corrected chi connectivity index (χ3v) is 9.38. The molecule has 0 aliphatic heterocycles. The predicted molar refractivity (Wildman–Crippen MR) is 191 cm³/mol. The van der Waals surface area contributed by atoms with Gasteiger partial charge in [-0.2, -0.15) is 0 Å². The van der Waals surface area contributed by atoms with Crippen LogP contribution in [0.15, 0.2) is 12.1 Å². The van der Waals surface area contributed by atoms with E-state index >= 15 is 0 Å². The SMILES string of the molecule is CCCCCCCCCCCCCCCCc1cc(CCCC)cc(CCCCCCCCCCCCCCCC)n1. The lowest BCUT2D eigenvalue weighted by Gasteiger charge is -2.10. The second-order valence-electron chi connectivity index (χ2n) is 13.8. The van der Waals surface area contributed by atoms with E-state index in [-0.39, 0.29) is 0 Å². The van der Waals surface area contributed by atoms with E-state index in [9.17, 15) is 0 Å². The lowest BCUT2D eigenvalue weighted by molar-refractivity contribution is 0.534. The van der Waals surface area contributed by atoms with Crippen LogP contribution in [0.4, 0.5) is 0 Å². The minimum absolute atomic E-state index is 1.18. The number of nitrogens with zero attached hydrogens (tertiary/aromatic N) is 1. The second-order valence-corrected chi connectivity index (χ2v) is 13.8. The van der Waals surface area contributed by atoms with Gasteiger partial charge in [0.05, 0.1) is 0 Å². The summed E-state index contributed by atoms with van der Waals surface area (Å²) in [6.07, 6.45) is 46.3. The Morgan fingerprint density at radius 1 is 0.310 bits per heavy atom. The molecule has 0 aromatic carbocycles. The molecule has 0 aliphatic carbocycles. The molecule has 0 saturated carbocycles.